The maximum Gasteiger partial charge on any atom is 0.0844 e. The Kier molecular flexibility index (Phi) is 4.26. The molecule has 8 heavy (non-hydrogen) atoms. The lowest BCUT2D eigenvalue weighted by molar-refractivity contribution is 0.530. The molecule has 0 saturated carbocycles. The highest BCUT2D eigenvalue weighted by Crippen LogP contribution is 1.70. The smallest absolute Gasteiger partial charge is 0.0844 e. The number of aliphatic imine (C=N–C) groups is 1. The minimum atomic E-state index is 0.683. The highest BCUT2D eigenvalue weighted by molar-refractivity contribution is 5.53. The molecule has 0 aromatic heterocycles. The molecule has 0 fully saturated rings. The minimum absolute atomic E-state index is 0.683. The van der Waals surface area contributed by atoms with E-state index in [9.17, 15) is 0 Å². The normalized spacial score (nSPS) is 10.4. The third-order valence-electron chi connectivity index (χ3n) is 0.794. The fraction of sp³-hybridized carbons (Fsp3) is 0.800. The zero-order valence-electron chi connectivity index (χ0n) is 5.46. The second kappa shape index (κ2) is 4.59. The maximum absolute atomic E-state index is 5.26. The molecule has 0 bridgehead atoms. The molecular formula is C5H13N3. The van der Waals surface area contributed by atoms with Crippen LogP contribution in [-0.4, -0.2) is 38.4 Å². The van der Waals surface area contributed by atoms with Gasteiger partial charge in [0, 0.05) is 27.2 Å². The van der Waals surface area contributed by atoms with Gasteiger partial charge >= 0.3 is 0 Å². The van der Waals surface area contributed by atoms with Crippen molar-refractivity contribution in [1.82, 2.24) is 4.90 Å². The molecule has 0 heterocycles. The van der Waals surface area contributed by atoms with Gasteiger partial charge in [-0.1, -0.05) is 0 Å². The Hall–Kier alpha value is -0.570. The van der Waals surface area contributed by atoms with Crippen molar-refractivity contribution < 1.29 is 0 Å². The van der Waals surface area contributed by atoms with Crippen molar-refractivity contribution >= 4 is 6.34 Å². The lowest BCUT2D eigenvalue weighted by Gasteiger charge is -2.08. The van der Waals surface area contributed by atoms with Gasteiger partial charge in [0.2, 0.25) is 0 Å². The summed E-state index contributed by atoms with van der Waals surface area (Å²) in [4.78, 5) is 5.74. The van der Waals surface area contributed by atoms with Gasteiger partial charge in [-0.25, -0.2) is 0 Å². The van der Waals surface area contributed by atoms with Crippen LogP contribution in [0.25, 0.3) is 0 Å². The average molecular weight is 115 g/mol. The third-order valence-corrected chi connectivity index (χ3v) is 0.794. The molecule has 0 spiro atoms. The van der Waals surface area contributed by atoms with Crippen molar-refractivity contribution in [2.24, 2.45) is 10.7 Å². The van der Waals surface area contributed by atoms with E-state index in [1.54, 1.807) is 13.4 Å². The van der Waals surface area contributed by atoms with Gasteiger partial charge < -0.3 is 10.6 Å². The fourth-order valence-electron chi connectivity index (χ4n) is 0.458. The van der Waals surface area contributed by atoms with E-state index < -0.39 is 0 Å². The molecule has 2 N–H and O–H groups in total. The quantitative estimate of drug-likeness (QED) is 0.399. The number of rotatable bonds is 3. The Morgan fingerprint density at radius 3 is 2.75 bits per heavy atom. The van der Waals surface area contributed by atoms with Crippen LogP contribution in [0.1, 0.15) is 0 Å². The summed E-state index contributed by atoms with van der Waals surface area (Å²) in [5.74, 6) is 0. The molecule has 3 heteroatoms. The van der Waals surface area contributed by atoms with E-state index in [2.05, 4.69) is 4.99 Å². The monoisotopic (exact) mass is 115 g/mol. The predicted molar refractivity (Wildman–Crippen MR) is 36.1 cm³/mol. The summed E-state index contributed by atoms with van der Waals surface area (Å²) in [6, 6.07) is 0. The molecule has 0 amide bonds. The van der Waals surface area contributed by atoms with Crippen LogP contribution in [0.3, 0.4) is 0 Å². The first-order valence-corrected chi connectivity index (χ1v) is 2.64. The fourth-order valence-corrected chi connectivity index (χ4v) is 0.458. The highest BCUT2D eigenvalue weighted by atomic mass is 15.1. The summed E-state index contributed by atoms with van der Waals surface area (Å²) >= 11 is 0. The van der Waals surface area contributed by atoms with Crippen molar-refractivity contribution in [3.8, 4) is 0 Å². The first-order valence-electron chi connectivity index (χ1n) is 2.64. The van der Waals surface area contributed by atoms with Crippen LogP contribution in [0.2, 0.25) is 0 Å². The zero-order chi connectivity index (χ0) is 6.41. The van der Waals surface area contributed by atoms with Gasteiger partial charge in [-0.05, 0) is 0 Å². The largest absolute Gasteiger partial charge is 0.365 e. The summed E-state index contributed by atoms with van der Waals surface area (Å²) in [6.07, 6.45) is 1.76. The number of hydrogen-bond donors (Lipinski definition) is 1. The molecule has 0 radical (unpaired) electrons. The second-order valence-electron chi connectivity index (χ2n) is 1.64. The molecule has 0 aliphatic rings. The van der Waals surface area contributed by atoms with E-state index in [0.29, 0.717) is 6.54 Å². The summed E-state index contributed by atoms with van der Waals surface area (Å²) < 4.78 is 0. The van der Waals surface area contributed by atoms with E-state index in [1.165, 1.54) is 0 Å². The molecule has 0 aromatic carbocycles. The minimum Gasteiger partial charge on any atom is -0.365 e. The van der Waals surface area contributed by atoms with E-state index in [1.807, 2.05) is 11.9 Å². The van der Waals surface area contributed by atoms with Crippen LogP contribution in [0, 0.1) is 0 Å². The lowest BCUT2D eigenvalue weighted by atomic mass is 10.6. The van der Waals surface area contributed by atoms with Gasteiger partial charge in [-0.15, -0.1) is 0 Å². The Balaban J connectivity index is 3.17. The van der Waals surface area contributed by atoms with Crippen LogP contribution in [0.4, 0.5) is 0 Å². The van der Waals surface area contributed by atoms with Gasteiger partial charge in [0.15, 0.2) is 0 Å². The lowest BCUT2D eigenvalue weighted by Crippen LogP contribution is -2.23. The average Bonchev–Trinajstić information content (AvgIpc) is 1.68. The van der Waals surface area contributed by atoms with Gasteiger partial charge in [-0.2, -0.15) is 0 Å². The van der Waals surface area contributed by atoms with Gasteiger partial charge in [0.1, 0.15) is 0 Å². The Morgan fingerprint density at radius 2 is 2.38 bits per heavy atom. The Bertz CT molecular complexity index is 70.1. The molecule has 0 aliphatic carbocycles. The summed E-state index contributed by atoms with van der Waals surface area (Å²) in [6.45, 7) is 1.56. The molecule has 0 aromatic rings. The molecule has 0 atom stereocenters. The van der Waals surface area contributed by atoms with Crippen LogP contribution in [0.5, 0.6) is 0 Å². The predicted octanol–water partition coefficient (Wildman–Crippen LogP) is -0.465. The van der Waals surface area contributed by atoms with Crippen molar-refractivity contribution in [2.75, 3.05) is 27.2 Å². The number of nitrogens with zero attached hydrogens (tertiary/aromatic N) is 2. The zero-order valence-corrected chi connectivity index (χ0v) is 5.46. The topological polar surface area (TPSA) is 41.6 Å². The van der Waals surface area contributed by atoms with E-state index in [-0.39, 0.29) is 0 Å². The van der Waals surface area contributed by atoms with Crippen molar-refractivity contribution in [1.29, 1.82) is 0 Å². The third kappa shape index (κ3) is 3.61. The van der Waals surface area contributed by atoms with Gasteiger partial charge in [0.05, 0.1) is 6.34 Å². The van der Waals surface area contributed by atoms with Crippen LogP contribution < -0.4 is 5.73 Å². The van der Waals surface area contributed by atoms with Gasteiger partial charge in [-0.3, -0.25) is 4.99 Å². The van der Waals surface area contributed by atoms with Crippen LogP contribution >= 0.6 is 0 Å². The Labute approximate surface area is 50.2 Å². The summed E-state index contributed by atoms with van der Waals surface area (Å²) in [5.41, 5.74) is 5.26. The maximum atomic E-state index is 5.26. The molecular weight excluding hydrogens is 102 g/mol. The first-order chi connectivity index (χ1) is 3.81. The van der Waals surface area contributed by atoms with Crippen molar-refractivity contribution in [3.63, 3.8) is 0 Å². The van der Waals surface area contributed by atoms with Crippen LogP contribution in [0.15, 0.2) is 4.99 Å². The standard InChI is InChI=1S/C5H13N3/c1-7-5-8(2)4-3-6/h5H,3-4,6H2,1-2H3/b7-5+. The molecule has 48 valence electrons. The summed E-state index contributed by atoms with van der Waals surface area (Å²) in [5, 5.41) is 0. The number of likely N-dealkylation sites (N-methyl/N-ethyl adjacent to an activating group) is 1. The van der Waals surface area contributed by atoms with E-state index in [0.717, 1.165) is 6.54 Å². The SMILES string of the molecule is C/N=C/N(C)CCN. The molecule has 0 rings (SSSR count). The number of hydrogen-bond acceptors (Lipinski definition) is 2. The molecule has 0 aliphatic heterocycles. The molecule has 3 nitrogen and oxygen atoms in total. The van der Waals surface area contributed by atoms with Gasteiger partial charge in [0.25, 0.3) is 0 Å². The molecule has 0 saturated heterocycles. The summed E-state index contributed by atoms with van der Waals surface area (Å²) in [7, 11) is 3.69. The second-order valence-corrected chi connectivity index (χ2v) is 1.64. The van der Waals surface area contributed by atoms with Crippen molar-refractivity contribution in [2.45, 2.75) is 0 Å². The highest BCUT2D eigenvalue weighted by Gasteiger charge is 1.83. The van der Waals surface area contributed by atoms with E-state index in [4.69, 9.17) is 5.73 Å². The van der Waals surface area contributed by atoms with Crippen molar-refractivity contribution in [3.05, 3.63) is 0 Å². The molecule has 0 unspecified atom stereocenters. The first kappa shape index (κ1) is 7.43. The van der Waals surface area contributed by atoms with E-state index >= 15 is 0 Å². The number of nitrogens with two attached hydrogens (primary N) is 1. The van der Waals surface area contributed by atoms with Crippen LogP contribution in [-0.2, 0) is 0 Å². The Morgan fingerprint density at radius 1 is 1.75 bits per heavy atom.